The third-order valence-corrected chi connectivity index (χ3v) is 3.10. The quantitative estimate of drug-likeness (QED) is 0.797. The van der Waals surface area contributed by atoms with Gasteiger partial charge >= 0.3 is 5.97 Å². The second-order valence-electron chi connectivity index (χ2n) is 4.06. The number of hydrogen-bond donors (Lipinski definition) is 2. The van der Waals surface area contributed by atoms with Crippen LogP contribution in [0, 0.1) is 5.92 Å². The molecule has 1 aliphatic rings. The minimum Gasteiger partial charge on any atom is -0.478 e. The number of aliphatic hydroxyl groups is 1. The van der Waals surface area contributed by atoms with Gasteiger partial charge in [0, 0.05) is 0 Å². The van der Waals surface area contributed by atoms with Crippen molar-refractivity contribution in [2.24, 2.45) is 5.92 Å². The molecule has 1 aliphatic carbocycles. The molecule has 0 unspecified atom stereocenters. The highest BCUT2D eigenvalue weighted by Gasteiger charge is 2.26. The van der Waals surface area contributed by atoms with E-state index in [2.05, 4.69) is 0 Å². The molecule has 80 valence electrons. The van der Waals surface area contributed by atoms with Crippen molar-refractivity contribution in [2.45, 2.75) is 25.4 Å². The van der Waals surface area contributed by atoms with E-state index in [-0.39, 0.29) is 5.56 Å². The third-order valence-electron chi connectivity index (χ3n) is 3.10. The van der Waals surface area contributed by atoms with Crippen LogP contribution in [0.2, 0.25) is 0 Å². The highest BCUT2D eigenvalue weighted by Crippen LogP contribution is 2.37. The molecule has 1 aromatic carbocycles. The molecule has 0 saturated heterocycles. The van der Waals surface area contributed by atoms with Gasteiger partial charge in [0.25, 0.3) is 0 Å². The molecule has 0 aliphatic heterocycles. The van der Waals surface area contributed by atoms with Crippen molar-refractivity contribution in [1.82, 2.24) is 0 Å². The molecule has 0 heterocycles. The van der Waals surface area contributed by atoms with Crippen molar-refractivity contribution in [3.05, 3.63) is 35.4 Å². The Kier molecular flexibility index (Phi) is 2.73. The first-order chi connectivity index (χ1) is 7.18. The van der Waals surface area contributed by atoms with Crippen LogP contribution >= 0.6 is 0 Å². The summed E-state index contributed by atoms with van der Waals surface area (Å²) in [5.74, 6) is -0.569. The Labute approximate surface area is 88.4 Å². The molecule has 0 bridgehead atoms. The largest absolute Gasteiger partial charge is 0.478 e. The lowest BCUT2D eigenvalue weighted by molar-refractivity contribution is 0.0618. The summed E-state index contributed by atoms with van der Waals surface area (Å²) in [7, 11) is 0. The van der Waals surface area contributed by atoms with E-state index in [0.717, 1.165) is 18.4 Å². The molecule has 2 N–H and O–H groups in total. The molecule has 1 atom stereocenters. The SMILES string of the molecule is O=C(O)c1ccc([C@H](O)C2CCC2)cc1. The van der Waals surface area contributed by atoms with Gasteiger partial charge in [-0.2, -0.15) is 0 Å². The van der Waals surface area contributed by atoms with Gasteiger partial charge < -0.3 is 10.2 Å². The Morgan fingerprint density at radius 1 is 1.27 bits per heavy atom. The van der Waals surface area contributed by atoms with Crippen LogP contribution in [0.15, 0.2) is 24.3 Å². The van der Waals surface area contributed by atoms with Crippen LogP contribution in [0.4, 0.5) is 0 Å². The number of benzene rings is 1. The third kappa shape index (κ3) is 2.02. The first kappa shape index (κ1) is 10.2. The van der Waals surface area contributed by atoms with Gasteiger partial charge in [-0.25, -0.2) is 4.79 Å². The molecule has 1 saturated carbocycles. The number of aliphatic hydroxyl groups excluding tert-OH is 1. The smallest absolute Gasteiger partial charge is 0.335 e. The van der Waals surface area contributed by atoms with E-state index in [9.17, 15) is 9.90 Å². The van der Waals surface area contributed by atoms with Crippen LogP contribution in [0.1, 0.15) is 41.3 Å². The van der Waals surface area contributed by atoms with Crippen molar-refractivity contribution in [1.29, 1.82) is 0 Å². The van der Waals surface area contributed by atoms with Crippen LogP contribution in [-0.4, -0.2) is 16.2 Å². The highest BCUT2D eigenvalue weighted by atomic mass is 16.4. The summed E-state index contributed by atoms with van der Waals surface area (Å²) >= 11 is 0. The van der Waals surface area contributed by atoms with E-state index >= 15 is 0 Å². The fourth-order valence-electron chi connectivity index (χ4n) is 1.85. The fourth-order valence-corrected chi connectivity index (χ4v) is 1.85. The second-order valence-corrected chi connectivity index (χ2v) is 4.06. The van der Waals surface area contributed by atoms with Gasteiger partial charge in [0.05, 0.1) is 11.7 Å². The minimum absolute atomic E-state index is 0.263. The van der Waals surface area contributed by atoms with Gasteiger partial charge in [0.15, 0.2) is 0 Å². The molecule has 1 aromatic rings. The number of carbonyl (C=O) groups is 1. The number of hydrogen-bond acceptors (Lipinski definition) is 2. The lowest BCUT2D eigenvalue weighted by atomic mass is 9.79. The van der Waals surface area contributed by atoms with Crippen molar-refractivity contribution in [3.63, 3.8) is 0 Å². The van der Waals surface area contributed by atoms with E-state index in [1.165, 1.54) is 6.42 Å². The number of carboxylic acids is 1. The van der Waals surface area contributed by atoms with Gasteiger partial charge in [-0.15, -0.1) is 0 Å². The van der Waals surface area contributed by atoms with Gasteiger partial charge in [0.2, 0.25) is 0 Å². The average molecular weight is 206 g/mol. The standard InChI is InChI=1S/C12H14O3/c13-11(8-2-1-3-8)9-4-6-10(7-5-9)12(14)15/h4-8,11,13H,1-3H2,(H,14,15)/t11-/m1/s1. The summed E-state index contributed by atoms with van der Waals surface area (Å²) in [6, 6.07) is 6.48. The summed E-state index contributed by atoms with van der Waals surface area (Å²) in [6.07, 6.45) is 2.90. The van der Waals surface area contributed by atoms with Crippen LogP contribution in [-0.2, 0) is 0 Å². The molecule has 15 heavy (non-hydrogen) atoms. The van der Waals surface area contributed by atoms with Crippen LogP contribution in [0.5, 0.6) is 0 Å². The van der Waals surface area contributed by atoms with Crippen LogP contribution in [0.25, 0.3) is 0 Å². The summed E-state index contributed by atoms with van der Waals surface area (Å²) in [4.78, 5) is 10.6. The predicted octanol–water partition coefficient (Wildman–Crippen LogP) is 2.22. The fraction of sp³-hybridized carbons (Fsp3) is 0.417. The highest BCUT2D eigenvalue weighted by molar-refractivity contribution is 5.87. The molecule has 0 spiro atoms. The molecule has 3 heteroatoms. The monoisotopic (exact) mass is 206 g/mol. The normalized spacial score (nSPS) is 18.2. The van der Waals surface area contributed by atoms with Crippen LogP contribution < -0.4 is 0 Å². The first-order valence-electron chi connectivity index (χ1n) is 5.20. The molecular weight excluding hydrogens is 192 g/mol. The van der Waals surface area contributed by atoms with Crippen LogP contribution in [0.3, 0.4) is 0 Å². The Morgan fingerprint density at radius 3 is 2.27 bits per heavy atom. The Hall–Kier alpha value is -1.35. The van der Waals surface area contributed by atoms with E-state index < -0.39 is 12.1 Å². The maximum Gasteiger partial charge on any atom is 0.335 e. The van der Waals surface area contributed by atoms with Crippen molar-refractivity contribution in [2.75, 3.05) is 0 Å². The van der Waals surface area contributed by atoms with E-state index in [1.54, 1.807) is 24.3 Å². The Bertz CT molecular complexity index is 352. The minimum atomic E-state index is -0.931. The van der Waals surface area contributed by atoms with Crippen molar-refractivity contribution in [3.8, 4) is 0 Å². The molecule has 0 aromatic heterocycles. The molecular formula is C12H14O3. The summed E-state index contributed by atoms with van der Waals surface area (Å²) in [5, 5.41) is 18.6. The first-order valence-corrected chi connectivity index (χ1v) is 5.20. The topological polar surface area (TPSA) is 57.5 Å². The number of rotatable bonds is 3. The lowest BCUT2D eigenvalue weighted by Gasteiger charge is -2.30. The maximum absolute atomic E-state index is 10.6. The van der Waals surface area contributed by atoms with Crippen molar-refractivity contribution >= 4 is 5.97 Å². The van der Waals surface area contributed by atoms with Gasteiger partial charge in [-0.3, -0.25) is 0 Å². The number of aromatic carboxylic acids is 1. The molecule has 0 amide bonds. The Balaban J connectivity index is 2.11. The molecule has 0 radical (unpaired) electrons. The van der Waals surface area contributed by atoms with E-state index in [4.69, 9.17) is 5.11 Å². The predicted molar refractivity (Wildman–Crippen MR) is 55.7 cm³/mol. The summed E-state index contributed by atoms with van der Waals surface area (Å²) in [5.41, 5.74) is 1.09. The maximum atomic E-state index is 10.6. The zero-order valence-corrected chi connectivity index (χ0v) is 8.39. The Morgan fingerprint density at radius 2 is 1.87 bits per heavy atom. The summed E-state index contributed by atoms with van der Waals surface area (Å²) in [6.45, 7) is 0. The average Bonchev–Trinajstić information content (AvgIpc) is 2.15. The van der Waals surface area contributed by atoms with Crippen molar-refractivity contribution < 1.29 is 15.0 Å². The van der Waals surface area contributed by atoms with E-state index in [0.29, 0.717) is 5.92 Å². The van der Waals surface area contributed by atoms with Gasteiger partial charge in [-0.1, -0.05) is 18.6 Å². The van der Waals surface area contributed by atoms with Gasteiger partial charge in [0.1, 0.15) is 0 Å². The summed E-state index contributed by atoms with van der Waals surface area (Å²) < 4.78 is 0. The second kappa shape index (κ2) is 4.03. The number of carboxylic acid groups (broad SMARTS) is 1. The van der Waals surface area contributed by atoms with E-state index in [1.807, 2.05) is 0 Å². The molecule has 2 rings (SSSR count). The molecule has 3 nitrogen and oxygen atoms in total. The zero-order chi connectivity index (χ0) is 10.8. The molecule has 1 fully saturated rings. The zero-order valence-electron chi connectivity index (χ0n) is 8.39. The lowest BCUT2D eigenvalue weighted by Crippen LogP contribution is -2.19. The van der Waals surface area contributed by atoms with Gasteiger partial charge in [-0.05, 0) is 36.5 Å².